The Morgan fingerprint density at radius 2 is 1.93 bits per heavy atom. The van der Waals surface area contributed by atoms with Crippen LogP contribution in [0, 0.1) is 16.7 Å². The molecule has 0 saturated carbocycles. The van der Waals surface area contributed by atoms with E-state index < -0.39 is 33.8 Å². The van der Waals surface area contributed by atoms with Gasteiger partial charge in [0.2, 0.25) is 6.41 Å². The molecule has 152 valence electrons. The number of nitrogens with zero attached hydrogens (tertiary/aromatic N) is 1. The minimum atomic E-state index is -1.97. The van der Waals surface area contributed by atoms with Gasteiger partial charge in [-0.15, -0.1) is 6.58 Å². The Balaban J connectivity index is 2.29. The van der Waals surface area contributed by atoms with E-state index in [0.717, 1.165) is 0 Å². The van der Waals surface area contributed by atoms with Crippen molar-refractivity contribution in [3.8, 4) is 0 Å². The van der Waals surface area contributed by atoms with Crippen molar-refractivity contribution >= 4 is 35.4 Å². The Morgan fingerprint density at radius 1 is 1.28 bits per heavy atom. The number of nitrogens with one attached hydrogen (secondary N) is 1. The number of likely N-dealkylation sites (N-methyl/N-ethyl adjacent to an activating group) is 1. The molecule has 4 atom stereocenters. The van der Waals surface area contributed by atoms with Crippen molar-refractivity contribution < 1.29 is 19.5 Å². The molecule has 0 radical (unpaired) electrons. The zero-order valence-corrected chi connectivity index (χ0v) is 17.5. The number of Topliss-reactive ketones (excluding diaryl/α,β-unsaturated/α-hetero) is 1. The highest BCUT2D eigenvalue weighted by molar-refractivity contribution is 6.32. The molecule has 0 unspecified atom stereocenters. The van der Waals surface area contributed by atoms with Gasteiger partial charge in [-0.2, -0.15) is 0 Å². The lowest BCUT2D eigenvalue weighted by Crippen LogP contribution is -2.63. The molecule has 0 fully saturated rings. The second-order valence-electron chi connectivity index (χ2n) is 8.77. The summed E-state index contributed by atoms with van der Waals surface area (Å²) in [5.74, 6) is -1.78. The number of fused-ring (bicyclic) bond motifs is 3. The Labute approximate surface area is 174 Å². The van der Waals surface area contributed by atoms with Crippen LogP contribution >= 0.6 is 11.6 Å². The SMILES string of the molecule is C=C[C@]1(C)C(Cl)=C[C@H]2C(=O)[C@@]1(NC=O)c1cccc3c1[C@](O)(C(=O)N3C)C2(C)C. The fraction of sp³-hybridized carbons (Fsp3) is 0.409. The number of carbonyl (C=O) groups excluding carboxylic acids is 3. The molecule has 0 aromatic heterocycles. The van der Waals surface area contributed by atoms with Gasteiger partial charge in [0.15, 0.2) is 11.4 Å². The molecule has 6 nitrogen and oxygen atoms in total. The highest BCUT2D eigenvalue weighted by Crippen LogP contribution is 2.65. The summed E-state index contributed by atoms with van der Waals surface area (Å²) in [6.07, 6.45) is 3.59. The predicted molar refractivity (Wildman–Crippen MR) is 109 cm³/mol. The zero-order chi connectivity index (χ0) is 21.6. The van der Waals surface area contributed by atoms with Crippen LogP contribution in [-0.2, 0) is 25.5 Å². The average Bonchev–Trinajstić information content (AvgIpc) is 2.88. The van der Waals surface area contributed by atoms with Gasteiger partial charge < -0.3 is 15.3 Å². The average molecular weight is 415 g/mol. The molecule has 2 amide bonds. The minimum Gasteiger partial charge on any atom is -0.375 e. The summed E-state index contributed by atoms with van der Waals surface area (Å²) >= 11 is 6.70. The van der Waals surface area contributed by atoms with Crippen LogP contribution in [0.25, 0.3) is 0 Å². The first-order chi connectivity index (χ1) is 13.5. The third-order valence-electron chi connectivity index (χ3n) is 7.42. The lowest BCUT2D eigenvalue weighted by Gasteiger charge is -2.51. The number of benzene rings is 1. The molecule has 4 rings (SSSR count). The maximum atomic E-state index is 14.0. The second-order valence-corrected chi connectivity index (χ2v) is 9.18. The fourth-order valence-corrected chi connectivity index (χ4v) is 5.79. The van der Waals surface area contributed by atoms with E-state index in [0.29, 0.717) is 28.3 Å². The lowest BCUT2D eigenvalue weighted by molar-refractivity contribution is -0.158. The summed E-state index contributed by atoms with van der Waals surface area (Å²) in [4.78, 5) is 40.6. The van der Waals surface area contributed by atoms with Crippen LogP contribution in [-0.4, -0.2) is 30.3 Å². The fourth-order valence-electron chi connectivity index (χ4n) is 5.44. The number of rotatable bonds is 3. The van der Waals surface area contributed by atoms with Gasteiger partial charge in [0.25, 0.3) is 5.91 Å². The van der Waals surface area contributed by atoms with E-state index >= 15 is 0 Å². The molecule has 1 aromatic carbocycles. The van der Waals surface area contributed by atoms with E-state index in [4.69, 9.17) is 11.6 Å². The summed E-state index contributed by atoms with van der Waals surface area (Å²) in [5, 5.41) is 15.0. The molecule has 2 N–H and O–H groups in total. The van der Waals surface area contributed by atoms with Gasteiger partial charge in [0.05, 0.1) is 11.1 Å². The van der Waals surface area contributed by atoms with Gasteiger partial charge in [-0.1, -0.05) is 49.7 Å². The molecule has 2 bridgehead atoms. The summed E-state index contributed by atoms with van der Waals surface area (Å²) in [5.41, 5.74) is -4.81. The van der Waals surface area contributed by atoms with Crippen LogP contribution in [0.1, 0.15) is 31.9 Å². The monoisotopic (exact) mass is 414 g/mol. The first-order valence-electron chi connectivity index (χ1n) is 9.38. The minimum absolute atomic E-state index is 0.321. The highest BCUT2D eigenvalue weighted by atomic mass is 35.5. The van der Waals surface area contributed by atoms with Gasteiger partial charge in [-0.05, 0) is 18.6 Å². The molecule has 3 aliphatic rings. The summed E-state index contributed by atoms with van der Waals surface area (Å²) in [7, 11) is 1.59. The molecule has 0 spiro atoms. The number of hydrogen-bond donors (Lipinski definition) is 2. The molecule has 1 heterocycles. The van der Waals surface area contributed by atoms with Crippen molar-refractivity contribution in [2.75, 3.05) is 11.9 Å². The molecular formula is C22H23ClN2O4. The van der Waals surface area contributed by atoms with Gasteiger partial charge in [0, 0.05) is 29.0 Å². The topological polar surface area (TPSA) is 86.7 Å². The van der Waals surface area contributed by atoms with E-state index in [1.54, 1.807) is 52.1 Å². The zero-order valence-electron chi connectivity index (χ0n) is 16.7. The van der Waals surface area contributed by atoms with Crippen molar-refractivity contribution in [1.82, 2.24) is 5.32 Å². The van der Waals surface area contributed by atoms with E-state index in [1.165, 1.54) is 11.0 Å². The van der Waals surface area contributed by atoms with E-state index in [2.05, 4.69) is 11.9 Å². The van der Waals surface area contributed by atoms with Gasteiger partial charge in [-0.25, -0.2) is 0 Å². The Hall–Kier alpha value is -2.44. The van der Waals surface area contributed by atoms with Crippen LogP contribution in [0.4, 0.5) is 5.69 Å². The number of allylic oxidation sites excluding steroid dienone is 1. The molecule has 7 heteroatoms. The lowest BCUT2D eigenvalue weighted by atomic mass is 9.56. The maximum absolute atomic E-state index is 14.0. The standard InChI is InChI=1S/C22H23ClN2O4/c1-6-20(4)15(23)10-13-17(27)21(20,24-11-26)12-8-7-9-14-16(12)22(29,19(13,2)3)18(28)25(14)5/h6-11,13,29H,1H2,2-5H3,(H,24,26)/t13-,20+,21-,22-/m0/s1. The maximum Gasteiger partial charge on any atom is 0.264 e. The molecule has 0 saturated heterocycles. The van der Waals surface area contributed by atoms with Crippen LogP contribution in [0.5, 0.6) is 0 Å². The third-order valence-corrected chi connectivity index (χ3v) is 7.94. The quantitative estimate of drug-likeness (QED) is 0.587. The van der Waals surface area contributed by atoms with Crippen molar-refractivity contribution in [2.24, 2.45) is 16.7 Å². The van der Waals surface area contributed by atoms with Crippen LogP contribution in [0.2, 0.25) is 0 Å². The van der Waals surface area contributed by atoms with Crippen molar-refractivity contribution in [3.63, 3.8) is 0 Å². The van der Waals surface area contributed by atoms with Crippen molar-refractivity contribution in [2.45, 2.75) is 31.9 Å². The van der Waals surface area contributed by atoms with Gasteiger partial charge >= 0.3 is 0 Å². The number of hydrogen-bond acceptors (Lipinski definition) is 4. The van der Waals surface area contributed by atoms with E-state index in [9.17, 15) is 19.5 Å². The normalized spacial score (nSPS) is 36.8. The Kier molecular flexibility index (Phi) is 3.82. The molecular weight excluding hydrogens is 392 g/mol. The predicted octanol–water partition coefficient (Wildman–Crippen LogP) is 2.35. The van der Waals surface area contributed by atoms with Crippen LogP contribution < -0.4 is 10.2 Å². The molecule has 1 aliphatic heterocycles. The molecule has 29 heavy (non-hydrogen) atoms. The van der Waals surface area contributed by atoms with E-state index in [-0.39, 0.29) is 5.78 Å². The van der Waals surface area contributed by atoms with Crippen LogP contribution in [0.3, 0.4) is 0 Å². The number of amides is 2. The first kappa shape index (κ1) is 19.9. The van der Waals surface area contributed by atoms with Crippen molar-refractivity contribution in [1.29, 1.82) is 0 Å². The number of carbonyl (C=O) groups is 3. The summed E-state index contributed by atoms with van der Waals surface area (Å²) in [6, 6.07) is 5.09. The third kappa shape index (κ3) is 1.81. The molecule has 2 aliphatic carbocycles. The Bertz CT molecular complexity index is 1030. The number of ketones is 1. The first-order valence-corrected chi connectivity index (χ1v) is 9.76. The number of halogens is 1. The van der Waals surface area contributed by atoms with E-state index in [1.807, 2.05) is 0 Å². The summed E-state index contributed by atoms with van der Waals surface area (Å²) in [6.45, 7) is 8.97. The van der Waals surface area contributed by atoms with Gasteiger partial charge in [-0.3, -0.25) is 14.4 Å². The smallest absolute Gasteiger partial charge is 0.264 e. The molecule has 1 aromatic rings. The second kappa shape index (κ2) is 5.58. The number of aliphatic hydroxyl groups is 1. The largest absolute Gasteiger partial charge is 0.375 e. The summed E-state index contributed by atoms with van der Waals surface area (Å²) < 4.78 is 0. The van der Waals surface area contributed by atoms with Crippen molar-refractivity contribution in [3.05, 3.63) is 53.1 Å². The highest BCUT2D eigenvalue weighted by Gasteiger charge is 2.72. The number of anilines is 1. The van der Waals surface area contributed by atoms with Gasteiger partial charge in [0.1, 0.15) is 5.54 Å². The van der Waals surface area contributed by atoms with Crippen LogP contribution in [0.15, 0.2) is 42.0 Å². The Morgan fingerprint density at radius 3 is 2.52 bits per heavy atom.